The summed E-state index contributed by atoms with van der Waals surface area (Å²) in [6.07, 6.45) is 5.59. The fraction of sp³-hybridized carbons (Fsp3) is 0.312. The van der Waals surface area contributed by atoms with Crippen LogP contribution >= 0.6 is 0 Å². The van der Waals surface area contributed by atoms with Gasteiger partial charge >= 0.3 is 0 Å². The van der Waals surface area contributed by atoms with Crippen molar-refractivity contribution in [2.75, 3.05) is 19.6 Å². The van der Waals surface area contributed by atoms with Crippen LogP contribution in [0.1, 0.15) is 16.8 Å². The van der Waals surface area contributed by atoms with Gasteiger partial charge in [-0.05, 0) is 30.7 Å². The van der Waals surface area contributed by atoms with Gasteiger partial charge in [0.2, 0.25) is 0 Å². The minimum absolute atomic E-state index is 0.184. The lowest BCUT2D eigenvalue weighted by molar-refractivity contribution is 0.0562. The summed E-state index contributed by atoms with van der Waals surface area (Å²) in [6.45, 7) is 1.55. The number of aliphatic hydroxyl groups is 1. The zero-order valence-corrected chi connectivity index (χ0v) is 12.1. The van der Waals surface area contributed by atoms with Crippen molar-refractivity contribution in [3.8, 4) is 11.1 Å². The van der Waals surface area contributed by atoms with E-state index in [9.17, 15) is 9.90 Å². The van der Waals surface area contributed by atoms with Crippen LogP contribution in [-0.2, 0) is 0 Å². The highest BCUT2D eigenvalue weighted by molar-refractivity contribution is 5.94. The molecule has 1 aromatic carbocycles. The molecule has 1 amide bonds. The first-order chi connectivity index (χ1) is 10.7. The molecule has 6 heteroatoms. The van der Waals surface area contributed by atoms with Gasteiger partial charge in [-0.15, -0.1) is 0 Å². The van der Waals surface area contributed by atoms with E-state index in [1.807, 2.05) is 12.1 Å². The van der Waals surface area contributed by atoms with Crippen LogP contribution in [0.2, 0.25) is 0 Å². The molecule has 1 aliphatic rings. The van der Waals surface area contributed by atoms with Crippen LogP contribution in [0, 0.1) is 0 Å². The third-order valence-electron chi connectivity index (χ3n) is 3.84. The summed E-state index contributed by atoms with van der Waals surface area (Å²) in [6, 6.07) is 7.24. The second-order valence-corrected chi connectivity index (χ2v) is 5.54. The monoisotopic (exact) mass is 298 g/mol. The third-order valence-corrected chi connectivity index (χ3v) is 3.84. The summed E-state index contributed by atoms with van der Waals surface area (Å²) in [4.78, 5) is 20.1. The molecule has 2 heterocycles. The quantitative estimate of drug-likeness (QED) is 0.769. The van der Waals surface area contributed by atoms with Crippen LogP contribution in [0.15, 0.2) is 43.0 Å². The van der Waals surface area contributed by atoms with Crippen LogP contribution in [-0.4, -0.2) is 46.2 Å². The van der Waals surface area contributed by atoms with Crippen molar-refractivity contribution in [1.82, 2.24) is 20.6 Å². The summed E-state index contributed by atoms with van der Waals surface area (Å²) in [5.41, 5.74) is 1.59. The second-order valence-electron chi connectivity index (χ2n) is 5.54. The molecular formula is C16H18N4O2. The van der Waals surface area contributed by atoms with Gasteiger partial charge in [0.25, 0.3) is 5.91 Å². The van der Waals surface area contributed by atoms with Crippen molar-refractivity contribution in [2.24, 2.45) is 0 Å². The largest absolute Gasteiger partial charge is 0.387 e. The standard InChI is InChI=1S/C16H18N4O2/c21-15(20-10-16(22)5-6-17-9-16)13-3-1-12(2-4-13)14-7-18-11-19-8-14/h1-4,7-8,11,17,22H,5-6,9-10H2,(H,20,21)/t16-/m1/s1. The van der Waals surface area contributed by atoms with E-state index in [1.165, 1.54) is 6.33 Å². The van der Waals surface area contributed by atoms with E-state index in [1.54, 1.807) is 24.5 Å². The fourth-order valence-electron chi connectivity index (χ4n) is 2.49. The number of rotatable bonds is 4. The Kier molecular flexibility index (Phi) is 4.13. The van der Waals surface area contributed by atoms with E-state index in [4.69, 9.17) is 0 Å². The number of amides is 1. The number of hydrogen-bond donors (Lipinski definition) is 3. The van der Waals surface area contributed by atoms with Crippen molar-refractivity contribution >= 4 is 5.91 Å². The van der Waals surface area contributed by atoms with E-state index >= 15 is 0 Å². The molecule has 0 saturated carbocycles. The van der Waals surface area contributed by atoms with Gasteiger partial charge in [-0.1, -0.05) is 12.1 Å². The average Bonchev–Trinajstić information content (AvgIpc) is 3.01. The number of hydrogen-bond acceptors (Lipinski definition) is 5. The first-order valence-electron chi connectivity index (χ1n) is 7.23. The highest BCUT2D eigenvalue weighted by Gasteiger charge is 2.31. The second kappa shape index (κ2) is 6.21. The van der Waals surface area contributed by atoms with E-state index in [2.05, 4.69) is 20.6 Å². The van der Waals surface area contributed by atoms with E-state index in [0.717, 1.165) is 17.7 Å². The summed E-state index contributed by atoms with van der Waals surface area (Å²) in [5, 5.41) is 16.1. The number of carbonyl (C=O) groups is 1. The normalized spacial score (nSPS) is 20.8. The Morgan fingerprint density at radius 2 is 1.95 bits per heavy atom. The molecule has 6 nitrogen and oxygen atoms in total. The topological polar surface area (TPSA) is 87.1 Å². The minimum atomic E-state index is -0.836. The Hall–Kier alpha value is -2.31. The van der Waals surface area contributed by atoms with Crippen molar-refractivity contribution in [2.45, 2.75) is 12.0 Å². The number of carbonyl (C=O) groups excluding carboxylic acids is 1. The van der Waals surface area contributed by atoms with Gasteiger partial charge < -0.3 is 15.7 Å². The molecule has 0 aliphatic carbocycles. The van der Waals surface area contributed by atoms with Gasteiger partial charge in [-0.25, -0.2) is 9.97 Å². The molecule has 1 aliphatic heterocycles. The summed E-state index contributed by atoms with van der Waals surface area (Å²) in [7, 11) is 0. The third kappa shape index (κ3) is 3.29. The molecule has 114 valence electrons. The summed E-state index contributed by atoms with van der Waals surface area (Å²) >= 11 is 0. The molecule has 1 fully saturated rings. The molecular weight excluding hydrogens is 280 g/mol. The lowest BCUT2D eigenvalue weighted by Gasteiger charge is -2.21. The Bertz CT molecular complexity index is 637. The molecule has 2 aromatic rings. The highest BCUT2D eigenvalue weighted by atomic mass is 16.3. The number of nitrogens with one attached hydrogen (secondary N) is 2. The molecule has 1 aromatic heterocycles. The maximum Gasteiger partial charge on any atom is 0.251 e. The molecule has 1 atom stereocenters. The Balaban J connectivity index is 1.64. The van der Waals surface area contributed by atoms with Crippen LogP contribution in [0.25, 0.3) is 11.1 Å². The molecule has 3 rings (SSSR count). The van der Waals surface area contributed by atoms with Crippen LogP contribution < -0.4 is 10.6 Å². The first kappa shape index (κ1) is 14.6. The van der Waals surface area contributed by atoms with Gasteiger partial charge in [0, 0.05) is 36.6 Å². The lowest BCUT2D eigenvalue weighted by Crippen LogP contribution is -2.44. The number of β-amino-alcohol motifs (C(OH)–C–C–N with tert-alkyl or cyclic N) is 1. The predicted octanol–water partition coefficient (Wildman–Crippen LogP) is 0.598. The maximum atomic E-state index is 12.1. The van der Waals surface area contributed by atoms with Crippen molar-refractivity contribution in [3.63, 3.8) is 0 Å². The SMILES string of the molecule is O=C(NC[C@@]1(O)CCNC1)c1ccc(-c2cncnc2)cc1. The summed E-state index contributed by atoms with van der Waals surface area (Å²) < 4.78 is 0. The van der Waals surface area contributed by atoms with E-state index in [0.29, 0.717) is 18.5 Å². The first-order valence-corrected chi connectivity index (χ1v) is 7.23. The zero-order chi connectivity index (χ0) is 15.4. The number of nitrogens with zero attached hydrogens (tertiary/aromatic N) is 2. The Morgan fingerprint density at radius 1 is 1.23 bits per heavy atom. The van der Waals surface area contributed by atoms with Gasteiger partial charge in [-0.3, -0.25) is 4.79 Å². The fourth-order valence-corrected chi connectivity index (χ4v) is 2.49. The molecule has 0 spiro atoms. The number of aromatic nitrogens is 2. The molecule has 0 unspecified atom stereocenters. The average molecular weight is 298 g/mol. The molecule has 0 bridgehead atoms. The van der Waals surface area contributed by atoms with E-state index < -0.39 is 5.60 Å². The predicted molar refractivity (Wildman–Crippen MR) is 82.2 cm³/mol. The molecule has 1 saturated heterocycles. The van der Waals surface area contributed by atoms with Crippen molar-refractivity contribution in [3.05, 3.63) is 48.5 Å². The van der Waals surface area contributed by atoms with E-state index in [-0.39, 0.29) is 12.5 Å². The van der Waals surface area contributed by atoms with Crippen LogP contribution in [0.4, 0.5) is 0 Å². The van der Waals surface area contributed by atoms with Crippen molar-refractivity contribution < 1.29 is 9.90 Å². The van der Waals surface area contributed by atoms with Gasteiger partial charge in [-0.2, -0.15) is 0 Å². The Morgan fingerprint density at radius 3 is 2.59 bits per heavy atom. The zero-order valence-electron chi connectivity index (χ0n) is 12.1. The van der Waals surface area contributed by atoms with Crippen LogP contribution in [0.3, 0.4) is 0 Å². The maximum absolute atomic E-state index is 12.1. The molecule has 3 N–H and O–H groups in total. The Labute approximate surface area is 128 Å². The van der Waals surface area contributed by atoms with Gasteiger partial charge in [0.15, 0.2) is 0 Å². The minimum Gasteiger partial charge on any atom is -0.387 e. The molecule has 22 heavy (non-hydrogen) atoms. The van der Waals surface area contributed by atoms with Crippen LogP contribution in [0.5, 0.6) is 0 Å². The smallest absolute Gasteiger partial charge is 0.251 e. The van der Waals surface area contributed by atoms with Gasteiger partial charge in [0.1, 0.15) is 6.33 Å². The van der Waals surface area contributed by atoms with Crippen molar-refractivity contribution in [1.29, 1.82) is 0 Å². The summed E-state index contributed by atoms with van der Waals surface area (Å²) in [5.74, 6) is -0.184. The molecule has 0 radical (unpaired) electrons. The highest BCUT2D eigenvalue weighted by Crippen LogP contribution is 2.18. The lowest BCUT2D eigenvalue weighted by atomic mass is 10.0. The number of benzene rings is 1. The van der Waals surface area contributed by atoms with Gasteiger partial charge in [0.05, 0.1) is 5.60 Å².